The van der Waals surface area contributed by atoms with Gasteiger partial charge >= 0.3 is 5.69 Å². The highest BCUT2D eigenvalue weighted by atomic mass is 16.3. The lowest BCUT2D eigenvalue weighted by Gasteiger charge is -2.14. The van der Waals surface area contributed by atoms with Crippen LogP contribution in [0.1, 0.15) is 89.7 Å². The number of aryl methyl sites for hydroxylation is 1. The van der Waals surface area contributed by atoms with E-state index in [9.17, 15) is 19.5 Å². The van der Waals surface area contributed by atoms with Crippen LogP contribution in [0.4, 0.5) is 0 Å². The molecule has 4 rings (SSSR count). The number of unbranched alkanes of at least 4 members (excludes halogenated alkanes) is 6. The molecular weight excluding hydrogens is 494 g/mol. The van der Waals surface area contributed by atoms with Gasteiger partial charge in [0.2, 0.25) is 11.7 Å². The van der Waals surface area contributed by atoms with Gasteiger partial charge in [-0.3, -0.25) is 23.3 Å². The number of imidazole rings is 1. The Morgan fingerprint density at radius 3 is 2.05 bits per heavy atom. The molecule has 1 aromatic carbocycles. The average Bonchev–Trinajstić information content (AvgIpc) is 3.34. The van der Waals surface area contributed by atoms with E-state index in [4.69, 9.17) is 4.98 Å². The topological polar surface area (TPSA) is 104 Å². The van der Waals surface area contributed by atoms with Gasteiger partial charge in [0.25, 0.3) is 11.1 Å². The third-order valence-corrected chi connectivity index (χ3v) is 7.42. The summed E-state index contributed by atoms with van der Waals surface area (Å²) in [5.41, 5.74) is 0.328. The minimum Gasteiger partial charge on any atom is -0.494 e. The van der Waals surface area contributed by atoms with Gasteiger partial charge in [-0.25, -0.2) is 9.20 Å². The molecule has 0 fully saturated rings. The monoisotopic (exact) mass is 535 g/mol. The maximum atomic E-state index is 13.8. The largest absolute Gasteiger partial charge is 0.494 e. The molecule has 0 aliphatic rings. The van der Waals surface area contributed by atoms with Crippen molar-refractivity contribution in [1.82, 2.24) is 23.1 Å². The molecule has 0 saturated carbocycles. The number of rotatable bonds is 14. The summed E-state index contributed by atoms with van der Waals surface area (Å²) in [5.74, 6) is -0.0850. The standard InChI is InChI=1S/C30H41N5O4/c1-4-7-10-11-15-18-23-26(36)34(21-22-16-13-12-14-17-22)29-31-25-24(35(29)27(23)37)28(38)33(20-9-6-3)30(39)32(25)19-8-5-2/h12-14,16-17,37H,4-11,15,18-21H2,1-3H3. The molecule has 0 aliphatic heterocycles. The van der Waals surface area contributed by atoms with Crippen LogP contribution in [0.3, 0.4) is 0 Å². The molecule has 4 aromatic rings. The SMILES string of the molecule is CCCCCCCc1c(O)n2c3c(=O)n(CCCC)c(=O)n(CCCC)c3nc2n(Cc2ccccc2)c1=O. The molecule has 3 aromatic heterocycles. The molecule has 210 valence electrons. The summed E-state index contributed by atoms with van der Waals surface area (Å²) in [6.45, 7) is 7.12. The molecule has 3 heterocycles. The predicted octanol–water partition coefficient (Wildman–Crippen LogP) is 4.84. The first-order valence-corrected chi connectivity index (χ1v) is 14.5. The highest BCUT2D eigenvalue weighted by Gasteiger charge is 2.25. The average molecular weight is 536 g/mol. The summed E-state index contributed by atoms with van der Waals surface area (Å²) in [6.07, 6.45) is 8.53. The Balaban J connectivity index is 2.03. The van der Waals surface area contributed by atoms with Gasteiger partial charge in [0.1, 0.15) is 0 Å². The van der Waals surface area contributed by atoms with Crippen molar-refractivity contribution in [3.63, 3.8) is 0 Å². The zero-order valence-corrected chi connectivity index (χ0v) is 23.5. The summed E-state index contributed by atoms with van der Waals surface area (Å²) in [4.78, 5) is 45.8. The second kappa shape index (κ2) is 13.0. The van der Waals surface area contributed by atoms with Gasteiger partial charge in [0.15, 0.2) is 11.2 Å². The highest BCUT2D eigenvalue weighted by Crippen LogP contribution is 2.24. The molecule has 9 nitrogen and oxygen atoms in total. The van der Waals surface area contributed by atoms with Gasteiger partial charge in [-0.05, 0) is 31.2 Å². The second-order valence-electron chi connectivity index (χ2n) is 10.4. The first kappa shape index (κ1) is 28.4. The normalized spacial score (nSPS) is 11.7. The van der Waals surface area contributed by atoms with Crippen molar-refractivity contribution in [2.24, 2.45) is 0 Å². The molecule has 0 bridgehead atoms. The molecule has 0 saturated heterocycles. The quantitative estimate of drug-likeness (QED) is 0.233. The number of nitrogens with zero attached hydrogens (tertiary/aromatic N) is 5. The first-order chi connectivity index (χ1) is 18.9. The third-order valence-electron chi connectivity index (χ3n) is 7.42. The molecule has 0 unspecified atom stereocenters. The van der Waals surface area contributed by atoms with Crippen LogP contribution in [0.15, 0.2) is 44.7 Å². The van der Waals surface area contributed by atoms with E-state index in [-0.39, 0.29) is 47.0 Å². The van der Waals surface area contributed by atoms with Crippen molar-refractivity contribution >= 4 is 16.9 Å². The predicted molar refractivity (Wildman–Crippen MR) is 155 cm³/mol. The lowest BCUT2D eigenvalue weighted by atomic mass is 10.1. The Morgan fingerprint density at radius 2 is 1.38 bits per heavy atom. The lowest BCUT2D eigenvalue weighted by molar-refractivity contribution is 0.431. The fourth-order valence-corrected chi connectivity index (χ4v) is 5.16. The molecular formula is C30H41N5O4. The minimum atomic E-state index is -0.488. The Bertz CT molecular complexity index is 1590. The van der Waals surface area contributed by atoms with Gasteiger partial charge in [0.05, 0.1) is 12.1 Å². The summed E-state index contributed by atoms with van der Waals surface area (Å²) in [7, 11) is 0. The van der Waals surface area contributed by atoms with Crippen LogP contribution in [0, 0.1) is 0 Å². The van der Waals surface area contributed by atoms with Crippen LogP contribution in [-0.2, 0) is 26.1 Å². The van der Waals surface area contributed by atoms with Crippen LogP contribution < -0.4 is 16.8 Å². The third kappa shape index (κ3) is 5.72. The maximum Gasteiger partial charge on any atom is 0.332 e. The molecule has 0 radical (unpaired) electrons. The second-order valence-corrected chi connectivity index (χ2v) is 10.4. The molecule has 39 heavy (non-hydrogen) atoms. The number of aromatic hydroxyl groups is 1. The Hall–Kier alpha value is -3.62. The van der Waals surface area contributed by atoms with Crippen molar-refractivity contribution in [2.75, 3.05) is 0 Å². The Kier molecular flexibility index (Phi) is 9.43. The fraction of sp³-hybridized carbons (Fsp3) is 0.533. The Morgan fingerprint density at radius 1 is 0.744 bits per heavy atom. The van der Waals surface area contributed by atoms with Crippen LogP contribution in [-0.4, -0.2) is 28.2 Å². The van der Waals surface area contributed by atoms with Crippen molar-refractivity contribution in [2.45, 2.75) is 105 Å². The van der Waals surface area contributed by atoms with Crippen LogP contribution in [0.2, 0.25) is 0 Å². The maximum absolute atomic E-state index is 13.8. The Labute approximate surface area is 228 Å². The number of benzene rings is 1. The summed E-state index contributed by atoms with van der Waals surface area (Å²) >= 11 is 0. The van der Waals surface area contributed by atoms with E-state index in [0.717, 1.165) is 56.9 Å². The van der Waals surface area contributed by atoms with E-state index in [0.29, 0.717) is 19.4 Å². The molecule has 9 heteroatoms. The van der Waals surface area contributed by atoms with Crippen LogP contribution in [0.25, 0.3) is 16.9 Å². The van der Waals surface area contributed by atoms with Gasteiger partial charge in [0, 0.05) is 13.1 Å². The summed E-state index contributed by atoms with van der Waals surface area (Å²) in [5, 5.41) is 11.5. The number of aromatic nitrogens is 5. The number of fused-ring (bicyclic) bond motifs is 3. The van der Waals surface area contributed by atoms with E-state index in [1.807, 2.05) is 44.2 Å². The van der Waals surface area contributed by atoms with E-state index >= 15 is 0 Å². The van der Waals surface area contributed by atoms with E-state index in [2.05, 4.69) is 6.92 Å². The van der Waals surface area contributed by atoms with E-state index < -0.39 is 11.2 Å². The van der Waals surface area contributed by atoms with E-state index in [1.165, 1.54) is 18.1 Å². The molecule has 0 amide bonds. The summed E-state index contributed by atoms with van der Waals surface area (Å²) in [6, 6.07) is 9.58. The molecule has 0 spiro atoms. The van der Waals surface area contributed by atoms with Crippen molar-refractivity contribution < 1.29 is 5.11 Å². The number of hydrogen-bond donors (Lipinski definition) is 1. The first-order valence-electron chi connectivity index (χ1n) is 14.5. The van der Waals surface area contributed by atoms with Crippen LogP contribution in [0.5, 0.6) is 5.88 Å². The van der Waals surface area contributed by atoms with Gasteiger partial charge in [-0.1, -0.05) is 89.6 Å². The minimum absolute atomic E-state index is 0.142. The van der Waals surface area contributed by atoms with Crippen molar-refractivity contribution in [3.8, 4) is 5.88 Å². The highest BCUT2D eigenvalue weighted by molar-refractivity contribution is 5.76. The zero-order chi connectivity index (χ0) is 27.9. The smallest absolute Gasteiger partial charge is 0.332 e. The summed E-state index contributed by atoms with van der Waals surface area (Å²) < 4.78 is 5.73. The fourth-order valence-electron chi connectivity index (χ4n) is 5.16. The molecule has 0 atom stereocenters. The molecule has 1 N–H and O–H groups in total. The van der Waals surface area contributed by atoms with Gasteiger partial charge < -0.3 is 5.11 Å². The lowest BCUT2D eigenvalue weighted by Crippen LogP contribution is -2.40. The van der Waals surface area contributed by atoms with Crippen LogP contribution >= 0.6 is 0 Å². The number of hydrogen-bond acceptors (Lipinski definition) is 5. The zero-order valence-electron chi connectivity index (χ0n) is 23.5. The molecule has 0 aliphatic carbocycles. The van der Waals surface area contributed by atoms with Gasteiger partial charge in [-0.2, -0.15) is 4.98 Å². The van der Waals surface area contributed by atoms with Gasteiger partial charge in [-0.15, -0.1) is 0 Å². The van der Waals surface area contributed by atoms with E-state index in [1.54, 1.807) is 0 Å². The van der Waals surface area contributed by atoms with Crippen molar-refractivity contribution in [3.05, 3.63) is 72.7 Å². The van der Waals surface area contributed by atoms with Crippen molar-refractivity contribution in [1.29, 1.82) is 0 Å².